The average molecular weight is 197 g/mol. The number of nitrogens with zero attached hydrogens (tertiary/aromatic N) is 2. The van der Waals surface area contributed by atoms with Gasteiger partial charge in [0.25, 0.3) is 0 Å². The van der Waals surface area contributed by atoms with Gasteiger partial charge >= 0.3 is 5.97 Å². The second kappa shape index (κ2) is 4.06. The molecule has 2 aliphatic heterocycles. The Morgan fingerprint density at radius 3 is 3.36 bits per heavy atom. The molecule has 5 heteroatoms. The third-order valence-corrected chi connectivity index (χ3v) is 2.49. The average Bonchev–Trinajstić information content (AvgIpc) is 2.61. The van der Waals surface area contributed by atoms with Gasteiger partial charge in [-0.1, -0.05) is 0 Å². The summed E-state index contributed by atoms with van der Waals surface area (Å²) in [6.45, 7) is 5.64. The standard InChI is InChI=1S/C9H15N3O2/c1-2-14-9(13)7-6-12-4-3-10-5-8(12)11-7/h8,10H,2-6H2,1H3. The van der Waals surface area contributed by atoms with E-state index in [1.807, 2.05) is 6.92 Å². The van der Waals surface area contributed by atoms with E-state index in [0.29, 0.717) is 18.9 Å². The Morgan fingerprint density at radius 1 is 1.79 bits per heavy atom. The van der Waals surface area contributed by atoms with Crippen molar-refractivity contribution in [3.63, 3.8) is 0 Å². The second-order valence-corrected chi connectivity index (χ2v) is 3.45. The van der Waals surface area contributed by atoms with Gasteiger partial charge in [-0.15, -0.1) is 0 Å². The molecule has 78 valence electrons. The lowest BCUT2D eigenvalue weighted by Gasteiger charge is -2.27. The second-order valence-electron chi connectivity index (χ2n) is 3.45. The SMILES string of the molecule is CCOC(=O)C1=NC2CNCCN2C1. The number of aliphatic imine (C=N–C) groups is 1. The Bertz CT molecular complexity index is 265. The fraction of sp³-hybridized carbons (Fsp3) is 0.778. The first kappa shape index (κ1) is 9.61. The van der Waals surface area contributed by atoms with Crippen LogP contribution in [0.25, 0.3) is 0 Å². The van der Waals surface area contributed by atoms with Crippen LogP contribution >= 0.6 is 0 Å². The summed E-state index contributed by atoms with van der Waals surface area (Å²) in [5, 5.41) is 3.25. The van der Waals surface area contributed by atoms with Crippen molar-refractivity contribution in [2.24, 2.45) is 4.99 Å². The first-order valence-electron chi connectivity index (χ1n) is 5.00. The Hall–Kier alpha value is -0.940. The molecule has 1 N–H and O–H groups in total. The minimum Gasteiger partial charge on any atom is -0.461 e. The normalized spacial score (nSPS) is 26.9. The Labute approximate surface area is 83.1 Å². The van der Waals surface area contributed by atoms with Crippen molar-refractivity contribution in [2.75, 3.05) is 32.8 Å². The van der Waals surface area contributed by atoms with Crippen LogP contribution in [0, 0.1) is 0 Å². The monoisotopic (exact) mass is 197 g/mol. The molecular formula is C9H15N3O2. The van der Waals surface area contributed by atoms with Crippen LogP contribution in [0.1, 0.15) is 6.92 Å². The maximum atomic E-state index is 11.4. The maximum Gasteiger partial charge on any atom is 0.353 e. The molecule has 0 spiro atoms. The van der Waals surface area contributed by atoms with Crippen molar-refractivity contribution in [2.45, 2.75) is 13.1 Å². The molecule has 0 aromatic heterocycles. The van der Waals surface area contributed by atoms with Crippen LogP contribution in [-0.2, 0) is 9.53 Å². The fourth-order valence-corrected chi connectivity index (χ4v) is 1.79. The molecule has 14 heavy (non-hydrogen) atoms. The minimum atomic E-state index is -0.262. The number of nitrogens with one attached hydrogen (secondary N) is 1. The molecule has 1 unspecified atom stereocenters. The van der Waals surface area contributed by atoms with Gasteiger partial charge in [-0.3, -0.25) is 9.89 Å². The van der Waals surface area contributed by atoms with Gasteiger partial charge in [0, 0.05) is 26.2 Å². The van der Waals surface area contributed by atoms with Gasteiger partial charge in [0.15, 0.2) is 0 Å². The molecule has 1 atom stereocenters. The van der Waals surface area contributed by atoms with Crippen molar-refractivity contribution >= 4 is 11.7 Å². The van der Waals surface area contributed by atoms with E-state index in [9.17, 15) is 4.79 Å². The highest BCUT2D eigenvalue weighted by molar-refractivity contribution is 6.37. The van der Waals surface area contributed by atoms with Crippen LogP contribution in [0.2, 0.25) is 0 Å². The van der Waals surface area contributed by atoms with Crippen molar-refractivity contribution in [1.29, 1.82) is 0 Å². The highest BCUT2D eigenvalue weighted by Crippen LogP contribution is 2.12. The van der Waals surface area contributed by atoms with Gasteiger partial charge in [-0.25, -0.2) is 4.79 Å². The van der Waals surface area contributed by atoms with Crippen LogP contribution < -0.4 is 5.32 Å². The number of carbonyl (C=O) groups is 1. The lowest BCUT2D eigenvalue weighted by atomic mass is 10.3. The number of ether oxygens (including phenoxy) is 1. The summed E-state index contributed by atoms with van der Waals surface area (Å²) in [5.41, 5.74) is 0.570. The first-order chi connectivity index (χ1) is 6.81. The smallest absolute Gasteiger partial charge is 0.353 e. The molecule has 0 saturated carbocycles. The van der Waals surface area contributed by atoms with Gasteiger partial charge in [0.05, 0.1) is 6.61 Å². The van der Waals surface area contributed by atoms with Crippen molar-refractivity contribution in [3.05, 3.63) is 0 Å². The fourth-order valence-electron chi connectivity index (χ4n) is 1.79. The molecule has 0 aromatic rings. The minimum absolute atomic E-state index is 0.142. The van der Waals surface area contributed by atoms with Gasteiger partial charge < -0.3 is 10.1 Å². The van der Waals surface area contributed by atoms with E-state index in [-0.39, 0.29) is 12.1 Å². The summed E-state index contributed by atoms with van der Waals surface area (Å²) in [5.74, 6) is -0.262. The summed E-state index contributed by atoms with van der Waals surface area (Å²) in [4.78, 5) is 17.9. The molecule has 0 bridgehead atoms. The van der Waals surface area contributed by atoms with E-state index < -0.39 is 0 Å². The third kappa shape index (κ3) is 1.78. The topological polar surface area (TPSA) is 53.9 Å². The molecule has 1 fully saturated rings. The highest BCUT2D eigenvalue weighted by atomic mass is 16.5. The summed E-state index contributed by atoms with van der Waals surface area (Å²) < 4.78 is 4.92. The van der Waals surface area contributed by atoms with Crippen LogP contribution in [0.3, 0.4) is 0 Å². The number of piperazine rings is 1. The summed E-state index contributed by atoms with van der Waals surface area (Å²) in [6, 6.07) is 0. The quantitative estimate of drug-likeness (QED) is 0.591. The molecule has 5 nitrogen and oxygen atoms in total. The highest BCUT2D eigenvalue weighted by Gasteiger charge is 2.31. The van der Waals surface area contributed by atoms with Gasteiger partial charge in [-0.05, 0) is 6.92 Å². The largest absolute Gasteiger partial charge is 0.461 e. The number of carbonyl (C=O) groups excluding carboxylic acids is 1. The number of esters is 1. The summed E-state index contributed by atoms with van der Waals surface area (Å²) >= 11 is 0. The number of hydrogen-bond donors (Lipinski definition) is 1. The van der Waals surface area contributed by atoms with Crippen LogP contribution in [-0.4, -0.2) is 55.5 Å². The molecule has 2 heterocycles. The lowest BCUT2D eigenvalue weighted by molar-refractivity contribution is -0.135. The molecule has 0 radical (unpaired) electrons. The van der Waals surface area contributed by atoms with Crippen LogP contribution in [0.4, 0.5) is 0 Å². The van der Waals surface area contributed by atoms with E-state index in [0.717, 1.165) is 19.6 Å². The van der Waals surface area contributed by atoms with E-state index in [4.69, 9.17) is 4.74 Å². The third-order valence-electron chi connectivity index (χ3n) is 2.49. The van der Waals surface area contributed by atoms with E-state index in [1.165, 1.54) is 0 Å². The molecule has 0 amide bonds. The number of hydrogen-bond acceptors (Lipinski definition) is 5. The van der Waals surface area contributed by atoms with Crippen LogP contribution in [0.5, 0.6) is 0 Å². The number of rotatable bonds is 2. The molecule has 0 aliphatic carbocycles. The summed E-state index contributed by atoms with van der Waals surface area (Å²) in [6.07, 6.45) is 0.142. The van der Waals surface area contributed by atoms with Gasteiger partial charge in [0.1, 0.15) is 11.9 Å². The molecular weight excluding hydrogens is 182 g/mol. The van der Waals surface area contributed by atoms with Crippen molar-refractivity contribution in [1.82, 2.24) is 10.2 Å². The van der Waals surface area contributed by atoms with E-state index in [2.05, 4.69) is 15.2 Å². The lowest BCUT2D eigenvalue weighted by Crippen LogP contribution is -2.48. The van der Waals surface area contributed by atoms with Crippen LogP contribution in [0.15, 0.2) is 4.99 Å². The maximum absolute atomic E-state index is 11.4. The van der Waals surface area contributed by atoms with Crippen molar-refractivity contribution < 1.29 is 9.53 Å². The predicted molar refractivity (Wildman–Crippen MR) is 52.3 cm³/mol. The zero-order valence-corrected chi connectivity index (χ0v) is 8.32. The van der Waals surface area contributed by atoms with Crippen molar-refractivity contribution in [3.8, 4) is 0 Å². The van der Waals surface area contributed by atoms with Gasteiger partial charge in [0.2, 0.25) is 0 Å². The molecule has 2 aliphatic rings. The van der Waals surface area contributed by atoms with E-state index >= 15 is 0 Å². The Morgan fingerprint density at radius 2 is 2.64 bits per heavy atom. The Kier molecular flexibility index (Phi) is 2.79. The molecule has 1 saturated heterocycles. The molecule has 2 rings (SSSR count). The predicted octanol–water partition coefficient (Wildman–Crippen LogP) is -0.765. The van der Waals surface area contributed by atoms with Gasteiger partial charge in [-0.2, -0.15) is 0 Å². The zero-order valence-electron chi connectivity index (χ0n) is 8.32. The Balaban J connectivity index is 1.98. The first-order valence-corrected chi connectivity index (χ1v) is 5.00. The number of fused-ring (bicyclic) bond motifs is 1. The summed E-state index contributed by atoms with van der Waals surface area (Å²) in [7, 11) is 0. The zero-order chi connectivity index (χ0) is 9.97. The van der Waals surface area contributed by atoms with E-state index in [1.54, 1.807) is 0 Å². The molecule has 0 aromatic carbocycles.